The molecule has 13 atom stereocenters. The van der Waals surface area contributed by atoms with Crippen LogP contribution in [0.4, 0.5) is 0 Å². The van der Waals surface area contributed by atoms with Gasteiger partial charge in [-0.3, -0.25) is 28.8 Å². The summed E-state index contributed by atoms with van der Waals surface area (Å²) < 4.78 is 0. The van der Waals surface area contributed by atoms with Crippen LogP contribution in [0.2, 0.25) is 0 Å². The smallest absolute Gasteiger partial charge is 0.328 e. The molecule has 43 nitrogen and oxygen atoms in total. The zero-order chi connectivity index (χ0) is 81.0. The molecule has 43 heteroatoms. The van der Waals surface area contributed by atoms with Gasteiger partial charge in [0.15, 0.2) is 29.9 Å². The van der Waals surface area contributed by atoms with Crippen molar-refractivity contribution in [3.63, 3.8) is 0 Å². The highest BCUT2D eigenvalue weighted by molar-refractivity contribution is 5.98. The summed E-state index contributed by atoms with van der Waals surface area (Å²) in [6.45, 7) is 2.49. The van der Waals surface area contributed by atoms with E-state index in [9.17, 15) is 151 Å². The van der Waals surface area contributed by atoms with Crippen molar-refractivity contribution in [3.8, 4) is 11.5 Å². The molecule has 22 N–H and O–H groups in total. The molecule has 0 radical (unpaired) electrons. The highest BCUT2D eigenvalue weighted by atomic mass is 16.4. The van der Waals surface area contributed by atoms with Crippen LogP contribution in [0.5, 0.6) is 11.5 Å². The third-order valence-electron chi connectivity index (χ3n) is 15.7. The highest BCUT2D eigenvalue weighted by Crippen LogP contribution is 2.25. The lowest BCUT2D eigenvalue weighted by molar-refractivity contribution is -0.142. The fourth-order valence-corrected chi connectivity index (χ4v) is 10.3. The zero-order valence-electron chi connectivity index (χ0n) is 57.9. The number of fused-ring (bicyclic) bond motifs is 1. The average molecular weight is 1530 g/mol. The van der Waals surface area contributed by atoms with E-state index in [-0.39, 0.29) is 48.4 Å². The first-order valence-electron chi connectivity index (χ1n) is 32.8. The molecule has 2 aliphatic rings. The van der Waals surface area contributed by atoms with Crippen LogP contribution in [-0.2, 0) is 51.2 Å². The minimum absolute atomic E-state index is 0.0261. The number of carboxylic acid groups (broad SMARTS) is 7. The number of phenols is 2. The molecule has 1 fully saturated rings. The second kappa shape index (κ2) is 41.8. The molecule has 0 saturated carbocycles. The molecule has 0 bridgehead atoms. The van der Waals surface area contributed by atoms with Gasteiger partial charge in [0, 0.05) is 32.2 Å². The van der Waals surface area contributed by atoms with Crippen LogP contribution < -0.4 is 0 Å². The average Bonchev–Trinajstić information content (AvgIpc) is 1.62. The van der Waals surface area contributed by atoms with Crippen molar-refractivity contribution in [2.45, 2.75) is 189 Å². The molecule has 2 aromatic carbocycles. The maximum Gasteiger partial charge on any atom is 0.328 e. The van der Waals surface area contributed by atoms with Crippen LogP contribution in [0.25, 0.3) is 0 Å². The molecule has 1 amide bonds. The SMILES string of the molecule is CC(C)CC1N=C(O)C(CC(=O)O)N=C(O)C(CO)N=C(O)C(Cc2ccc(O)cc2)N=C(O)C(CC(=O)O)N=C(O)C(Cc2ccc(O)cc2)N=C(O)CCC(C(=O)O)N=C(O)C(CC(=O)O)N=C(O)C2CCCN2C(=O)C(CC(=O)O)N=C(O)C(C)N=C(O)C(CC(=O)O)N=C(O)CCC(C(=O)O)N=C1O. The summed E-state index contributed by atoms with van der Waals surface area (Å²) in [5, 5.41) is 237. The second-order valence-electron chi connectivity index (χ2n) is 24.8. The van der Waals surface area contributed by atoms with Crippen molar-refractivity contribution in [2.75, 3.05) is 13.2 Å². The van der Waals surface area contributed by atoms with Crippen LogP contribution in [-0.4, -0.2) is 327 Å². The van der Waals surface area contributed by atoms with Crippen molar-refractivity contribution in [1.82, 2.24) is 4.90 Å². The lowest BCUT2D eigenvalue weighted by Gasteiger charge is -2.26. The molecule has 2 aromatic rings. The monoisotopic (exact) mass is 1530 g/mol. The van der Waals surface area contributed by atoms with Crippen molar-refractivity contribution in [1.29, 1.82) is 0 Å². The van der Waals surface area contributed by atoms with E-state index >= 15 is 0 Å². The number of aliphatic imine (C=N–C) groups is 12. The molecule has 13 unspecified atom stereocenters. The van der Waals surface area contributed by atoms with Crippen LogP contribution in [0.1, 0.15) is 109 Å². The van der Waals surface area contributed by atoms with Crippen molar-refractivity contribution < 1.29 is 151 Å². The summed E-state index contributed by atoms with van der Waals surface area (Å²) in [5.41, 5.74) is 0.382. The first-order valence-corrected chi connectivity index (χ1v) is 32.8. The Bertz CT molecular complexity index is 3920. The molecular weight excluding hydrogens is 1440 g/mol. The van der Waals surface area contributed by atoms with E-state index < -0.39 is 280 Å². The third kappa shape index (κ3) is 29.1. The standard InChI is InChI=1S/C65H85N13O30/c1-28(2)19-36-55(96)69-34(64(105)106)15-17-47(83)68-39(22-48(84)85)54(95)66-29(3)53(94)76-43(26-52(92)93)63(104)78-18-4-5-45(78)62(103)75-42(25-51(90)91)58(99)70-35(65(107)108)14-16-46(82)67-37(20-30-6-10-32(80)11-7-30)56(97)73-40(23-49(86)87)60(101)72-38(21-31-8-12-33(81)13-9-31)57(98)77-44(27-79)61(102)74-41(24-50(88)89)59(100)71-36/h6-13,28-29,34-45,79-81H,4-5,14-27H2,1-3H3,(H,66,95)(H,67,82)(H,68,83)(H,69,96)(H,70,99)(H,71,100)(H,72,101)(H,73,97)(H,74,102)(H,75,103)(H,76,94)(H,77,98)(H,84,85)(H,86,87)(H,88,89)(H,90,91)(H,92,93)(H,105,106)(H,107,108). The Balaban J connectivity index is 2.05. The number of nitrogens with zero attached hydrogens (tertiary/aromatic N) is 13. The van der Waals surface area contributed by atoms with Crippen LogP contribution >= 0.6 is 0 Å². The quantitative estimate of drug-likeness (QED) is 0.0961. The fourth-order valence-electron chi connectivity index (χ4n) is 10.3. The van der Waals surface area contributed by atoms with Gasteiger partial charge >= 0.3 is 41.8 Å². The molecule has 2 aliphatic heterocycles. The number of carbonyl (C=O) groups excluding carboxylic acids is 1. The predicted molar refractivity (Wildman–Crippen MR) is 382 cm³/mol. The van der Waals surface area contributed by atoms with Crippen molar-refractivity contribution in [2.24, 2.45) is 65.8 Å². The summed E-state index contributed by atoms with van der Waals surface area (Å²) in [6, 6.07) is -16.0. The van der Waals surface area contributed by atoms with Gasteiger partial charge in [0.25, 0.3) is 0 Å². The number of rotatable bonds is 19. The molecule has 2 heterocycles. The third-order valence-corrected chi connectivity index (χ3v) is 15.7. The first-order chi connectivity index (χ1) is 50.6. The van der Waals surface area contributed by atoms with Crippen molar-refractivity contribution in [3.05, 3.63) is 59.7 Å². The lowest BCUT2D eigenvalue weighted by atomic mass is 10.0. The molecular formula is C65H85N13O30. The lowest BCUT2D eigenvalue weighted by Crippen LogP contribution is -2.46. The molecule has 4 rings (SSSR count). The minimum Gasteiger partial charge on any atom is -0.508 e. The Kier molecular flexibility index (Phi) is 34.0. The molecule has 108 heavy (non-hydrogen) atoms. The number of aliphatic hydroxyl groups is 13. The van der Waals surface area contributed by atoms with Gasteiger partial charge in [-0.15, -0.1) is 0 Å². The Morgan fingerprint density at radius 1 is 0.389 bits per heavy atom. The number of carbonyl (C=O) groups is 8. The number of phenolic OH excluding ortho intramolecular Hbond substituents is 2. The van der Waals surface area contributed by atoms with Gasteiger partial charge in [0.1, 0.15) is 71.9 Å². The molecule has 0 aromatic heterocycles. The molecule has 590 valence electrons. The largest absolute Gasteiger partial charge is 0.508 e. The minimum atomic E-state index is -2.18. The Morgan fingerprint density at radius 3 is 1.11 bits per heavy atom. The van der Waals surface area contributed by atoms with Gasteiger partial charge in [0.2, 0.25) is 64.9 Å². The number of benzene rings is 2. The number of hydrogen-bond acceptors (Lipinski definition) is 23. The first kappa shape index (κ1) is 87.8. The Morgan fingerprint density at radius 2 is 0.704 bits per heavy atom. The summed E-state index contributed by atoms with van der Waals surface area (Å²) >= 11 is 0. The van der Waals surface area contributed by atoms with Gasteiger partial charge in [-0.25, -0.2) is 69.5 Å². The summed E-state index contributed by atoms with van der Waals surface area (Å²) in [5.74, 6) is -29.0. The van der Waals surface area contributed by atoms with Crippen LogP contribution in [0, 0.1) is 5.92 Å². The number of carboxylic acids is 7. The summed E-state index contributed by atoms with van der Waals surface area (Å²) in [6.07, 6.45) is -10.9. The number of aliphatic carboxylic acids is 7. The van der Waals surface area contributed by atoms with Crippen molar-refractivity contribution >= 4 is 118 Å². The Labute approximate surface area is 611 Å². The molecule has 1 saturated heterocycles. The van der Waals surface area contributed by atoms with Gasteiger partial charge in [-0.2, -0.15) is 0 Å². The van der Waals surface area contributed by atoms with Gasteiger partial charge in [-0.05, 0) is 80.3 Å². The predicted octanol–water partition coefficient (Wildman–Crippen LogP) is 2.95. The van der Waals surface area contributed by atoms with E-state index in [4.69, 9.17) is 0 Å². The molecule has 0 spiro atoms. The maximum absolute atomic E-state index is 14.2. The Hall–Kier alpha value is -12.6. The summed E-state index contributed by atoms with van der Waals surface area (Å²) in [7, 11) is 0. The van der Waals surface area contributed by atoms with Gasteiger partial charge < -0.3 is 117 Å². The normalized spacial score (nSPS) is 25.3. The second-order valence-corrected chi connectivity index (χ2v) is 24.8. The number of amides is 1. The van der Waals surface area contributed by atoms with E-state index in [0.29, 0.717) is 0 Å². The summed E-state index contributed by atoms with van der Waals surface area (Å²) in [4.78, 5) is 147. The topological polar surface area (TPSA) is 733 Å². The molecule has 0 aliphatic carbocycles. The van der Waals surface area contributed by atoms with E-state index in [1.165, 1.54) is 48.5 Å². The van der Waals surface area contributed by atoms with E-state index in [1.54, 1.807) is 13.8 Å². The van der Waals surface area contributed by atoms with Gasteiger partial charge in [0.05, 0.1) is 38.7 Å². The number of aromatic hydroxyl groups is 2. The van der Waals surface area contributed by atoms with E-state index in [1.807, 2.05) is 0 Å². The number of aliphatic hydroxyl groups excluding tert-OH is 13. The number of hydrogen-bond donors (Lipinski definition) is 22. The van der Waals surface area contributed by atoms with Gasteiger partial charge in [-0.1, -0.05) is 38.1 Å². The van der Waals surface area contributed by atoms with Crippen LogP contribution in [0.3, 0.4) is 0 Å². The highest BCUT2D eigenvalue weighted by Gasteiger charge is 2.39. The fraction of sp³-hybridized carbons (Fsp3) is 0.508. The zero-order valence-corrected chi connectivity index (χ0v) is 57.9. The van der Waals surface area contributed by atoms with Crippen LogP contribution in [0.15, 0.2) is 108 Å². The van der Waals surface area contributed by atoms with E-state index in [0.717, 1.165) is 11.8 Å². The van der Waals surface area contributed by atoms with E-state index in [2.05, 4.69) is 59.9 Å². The maximum atomic E-state index is 14.2.